The summed E-state index contributed by atoms with van der Waals surface area (Å²) in [7, 11) is 0. The number of aromatic nitrogens is 3. The van der Waals surface area contributed by atoms with Crippen LogP contribution in [-0.2, 0) is 13.0 Å². The maximum atomic E-state index is 12.9. The van der Waals surface area contributed by atoms with Crippen LogP contribution in [0.4, 0.5) is 0 Å². The van der Waals surface area contributed by atoms with Gasteiger partial charge in [-0.25, -0.2) is 9.78 Å². The van der Waals surface area contributed by atoms with Gasteiger partial charge in [0.05, 0.1) is 22.7 Å². The molecule has 2 aromatic heterocycles. The molecular formula is C19H21N3O3. The number of hydrogen-bond donors (Lipinski definition) is 1. The summed E-state index contributed by atoms with van der Waals surface area (Å²) in [4.78, 5) is 29.0. The quantitative estimate of drug-likeness (QED) is 0.791. The van der Waals surface area contributed by atoms with Crippen molar-refractivity contribution in [2.75, 3.05) is 0 Å². The standard InChI is InChI=1S/C19H21N3O3/c1-3-4-7-21-10-20-16-14(21)8-12-6-5-11(2)22-9-13(19(24)25)18(23)15(16)17(12)22/h8-11H,3-7H2,1-2H3,(H,24,25). The van der Waals surface area contributed by atoms with Gasteiger partial charge in [-0.2, -0.15) is 0 Å². The summed E-state index contributed by atoms with van der Waals surface area (Å²) in [6, 6.07) is 2.29. The molecule has 1 aromatic carbocycles. The maximum Gasteiger partial charge on any atom is 0.341 e. The molecule has 1 aliphatic heterocycles. The topological polar surface area (TPSA) is 77.1 Å². The number of aryl methyl sites for hydroxylation is 2. The fourth-order valence-electron chi connectivity index (χ4n) is 3.85. The summed E-state index contributed by atoms with van der Waals surface area (Å²) in [6.45, 7) is 5.04. The highest BCUT2D eigenvalue weighted by atomic mass is 16.4. The van der Waals surface area contributed by atoms with Crippen molar-refractivity contribution >= 4 is 27.9 Å². The van der Waals surface area contributed by atoms with Crippen LogP contribution < -0.4 is 5.43 Å². The number of carbonyl (C=O) groups is 1. The van der Waals surface area contributed by atoms with Crippen LogP contribution in [0.5, 0.6) is 0 Å². The van der Waals surface area contributed by atoms with E-state index in [-0.39, 0.29) is 11.6 Å². The number of aromatic carboxylic acids is 1. The van der Waals surface area contributed by atoms with E-state index in [2.05, 4.69) is 29.5 Å². The Morgan fingerprint density at radius 3 is 2.96 bits per heavy atom. The van der Waals surface area contributed by atoms with Crippen LogP contribution in [-0.4, -0.2) is 25.2 Å². The van der Waals surface area contributed by atoms with Gasteiger partial charge in [0.1, 0.15) is 11.1 Å². The Balaban J connectivity index is 2.15. The molecule has 0 bridgehead atoms. The monoisotopic (exact) mass is 339 g/mol. The van der Waals surface area contributed by atoms with Crippen LogP contribution >= 0.6 is 0 Å². The van der Waals surface area contributed by atoms with Gasteiger partial charge in [0.15, 0.2) is 0 Å². The summed E-state index contributed by atoms with van der Waals surface area (Å²) >= 11 is 0. The van der Waals surface area contributed by atoms with E-state index in [1.54, 1.807) is 6.33 Å². The molecule has 0 saturated heterocycles. The fourth-order valence-corrected chi connectivity index (χ4v) is 3.85. The number of benzene rings is 1. The molecule has 1 N–H and O–H groups in total. The molecule has 1 unspecified atom stereocenters. The van der Waals surface area contributed by atoms with Crippen molar-refractivity contribution in [3.8, 4) is 0 Å². The van der Waals surface area contributed by atoms with Crippen LogP contribution in [0.1, 0.15) is 55.1 Å². The van der Waals surface area contributed by atoms with E-state index >= 15 is 0 Å². The van der Waals surface area contributed by atoms with Gasteiger partial charge >= 0.3 is 5.97 Å². The van der Waals surface area contributed by atoms with Crippen LogP contribution in [0.2, 0.25) is 0 Å². The highest BCUT2D eigenvalue weighted by Crippen LogP contribution is 2.34. The average molecular weight is 339 g/mol. The lowest BCUT2D eigenvalue weighted by atomic mass is 9.95. The van der Waals surface area contributed by atoms with Gasteiger partial charge < -0.3 is 14.2 Å². The third-order valence-corrected chi connectivity index (χ3v) is 5.25. The molecule has 25 heavy (non-hydrogen) atoms. The lowest BCUT2D eigenvalue weighted by Gasteiger charge is -2.26. The Hall–Kier alpha value is -2.63. The largest absolute Gasteiger partial charge is 0.477 e. The molecule has 130 valence electrons. The normalized spacial score (nSPS) is 16.6. The first-order valence-electron chi connectivity index (χ1n) is 8.81. The summed E-state index contributed by atoms with van der Waals surface area (Å²) in [5.41, 5.74) is 2.89. The molecule has 3 aromatic rings. The number of pyridine rings is 1. The van der Waals surface area contributed by atoms with Crippen LogP contribution in [0.25, 0.3) is 21.9 Å². The van der Waals surface area contributed by atoms with Crippen LogP contribution in [0.15, 0.2) is 23.4 Å². The van der Waals surface area contributed by atoms with Crippen molar-refractivity contribution in [2.45, 2.75) is 52.1 Å². The highest BCUT2D eigenvalue weighted by Gasteiger charge is 2.25. The molecule has 0 spiro atoms. The number of carboxylic acid groups (broad SMARTS) is 1. The molecule has 0 amide bonds. The Kier molecular flexibility index (Phi) is 3.63. The van der Waals surface area contributed by atoms with E-state index < -0.39 is 11.4 Å². The Morgan fingerprint density at radius 1 is 1.44 bits per heavy atom. The molecule has 0 saturated carbocycles. The number of unbranched alkanes of at least 4 members (excludes halogenated alkanes) is 1. The lowest BCUT2D eigenvalue weighted by Crippen LogP contribution is -2.24. The van der Waals surface area contributed by atoms with Gasteiger partial charge in [0.2, 0.25) is 5.43 Å². The molecule has 0 radical (unpaired) electrons. The van der Waals surface area contributed by atoms with Crippen molar-refractivity contribution in [3.05, 3.63) is 39.9 Å². The minimum atomic E-state index is -1.18. The van der Waals surface area contributed by atoms with Crippen molar-refractivity contribution in [1.29, 1.82) is 0 Å². The molecule has 0 aliphatic carbocycles. The molecule has 1 aliphatic rings. The predicted octanol–water partition coefficient (Wildman–Crippen LogP) is 3.36. The number of nitrogens with zero attached hydrogens (tertiary/aromatic N) is 3. The zero-order valence-electron chi connectivity index (χ0n) is 14.5. The third kappa shape index (κ3) is 2.27. The zero-order chi connectivity index (χ0) is 17.7. The molecule has 6 heteroatoms. The van der Waals surface area contributed by atoms with E-state index in [4.69, 9.17) is 0 Å². The Bertz CT molecular complexity index is 1060. The summed E-state index contributed by atoms with van der Waals surface area (Å²) in [5.74, 6) is -1.18. The third-order valence-electron chi connectivity index (χ3n) is 5.25. The van der Waals surface area contributed by atoms with Crippen molar-refractivity contribution in [3.63, 3.8) is 0 Å². The summed E-state index contributed by atoms with van der Waals surface area (Å²) < 4.78 is 4.02. The number of fused-ring (bicyclic) bond motifs is 2. The van der Waals surface area contributed by atoms with E-state index in [0.717, 1.165) is 48.8 Å². The van der Waals surface area contributed by atoms with Crippen LogP contribution in [0, 0.1) is 0 Å². The van der Waals surface area contributed by atoms with E-state index in [0.29, 0.717) is 10.9 Å². The van der Waals surface area contributed by atoms with Crippen LogP contribution in [0.3, 0.4) is 0 Å². The highest BCUT2D eigenvalue weighted by molar-refractivity contribution is 6.07. The van der Waals surface area contributed by atoms with E-state index in [9.17, 15) is 14.7 Å². The second-order valence-electron chi connectivity index (χ2n) is 6.89. The first kappa shape index (κ1) is 15.9. The molecule has 0 fully saturated rings. The van der Waals surface area contributed by atoms with Gasteiger partial charge in [-0.15, -0.1) is 0 Å². The number of carboxylic acids is 1. The smallest absolute Gasteiger partial charge is 0.341 e. The average Bonchev–Trinajstić information content (AvgIpc) is 2.99. The van der Waals surface area contributed by atoms with Crippen molar-refractivity contribution in [2.24, 2.45) is 0 Å². The summed E-state index contributed by atoms with van der Waals surface area (Å²) in [6.07, 6.45) is 7.20. The van der Waals surface area contributed by atoms with Crippen molar-refractivity contribution in [1.82, 2.24) is 14.1 Å². The number of rotatable bonds is 4. The lowest BCUT2D eigenvalue weighted by molar-refractivity contribution is 0.0694. The number of hydrogen-bond acceptors (Lipinski definition) is 3. The van der Waals surface area contributed by atoms with Gasteiger partial charge in [-0.1, -0.05) is 13.3 Å². The molecule has 3 heterocycles. The minimum absolute atomic E-state index is 0.160. The minimum Gasteiger partial charge on any atom is -0.477 e. The van der Waals surface area contributed by atoms with Gasteiger partial charge in [-0.05, 0) is 37.8 Å². The van der Waals surface area contributed by atoms with E-state index in [1.807, 2.05) is 4.57 Å². The van der Waals surface area contributed by atoms with Gasteiger partial charge in [0, 0.05) is 18.8 Å². The molecule has 4 rings (SSSR count). The van der Waals surface area contributed by atoms with Gasteiger partial charge in [0.25, 0.3) is 0 Å². The Morgan fingerprint density at radius 2 is 2.24 bits per heavy atom. The van der Waals surface area contributed by atoms with Gasteiger partial charge in [-0.3, -0.25) is 4.79 Å². The van der Waals surface area contributed by atoms with E-state index in [1.165, 1.54) is 6.20 Å². The molecule has 1 atom stereocenters. The number of imidazole rings is 1. The summed E-state index contributed by atoms with van der Waals surface area (Å²) in [5, 5.41) is 9.93. The first-order valence-corrected chi connectivity index (χ1v) is 8.81. The second kappa shape index (κ2) is 5.72. The maximum absolute atomic E-state index is 12.9. The molecule has 6 nitrogen and oxygen atoms in total. The fraction of sp³-hybridized carbons (Fsp3) is 0.421. The molecular weight excluding hydrogens is 318 g/mol. The zero-order valence-corrected chi connectivity index (χ0v) is 14.5. The SMILES string of the molecule is CCCCn1cnc2c3c(=O)c(C(=O)O)cn4c3c(cc21)CCC4C. The first-order chi connectivity index (χ1) is 12.0. The second-order valence-corrected chi connectivity index (χ2v) is 6.89. The Labute approximate surface area is 144 Å². The predicted molar refractivity (Wildman–Crippen MR) is 96.4 cm³/mol. The van der Waals surface area contributed by atoms with Crippen molar-refractivity contribution < 1.29 is 9.90 Å².